The molecule has 32 heavy (non-hydrogen) atoms. The second-order valence-electron chi connectivity index (χ2n) is 8.30. The molecule has 9 heteroatoms. The number of carboxylic acid groups (broad SMARTS) is 1. The topological polar surface area (TPSA) is 105 Å². The van der Waals surface area contributed by atoms with Gasteiger partial charge >= 0.3 is 18.0 Å². The number of rotatable bonds is 8. The molecule has 3 N–H and O–H groups in total. The van der Waals surface area contributed by atoms with Crippen molar-refractivity contribution >= 4 is 18.0 Å². The number of ether oxygens (including phenoxy) is 1. The summed E-state index contributed by atoms with van der Waals surface area (Å²) in [6.07, 6.45) is -1.09. The molecule has 2 aromatic carbocycles. The van der Waals surface area contributed by atoms with Gasteiger partial charge in [0.2, 0.25) is 5.91 Å². The Morgan fingerprint density at radius 3 is 2.06 bits per heavy atom. The summed E-state index contributed by atoms with van der Waals surface area (Å²) in [6, 6.07) is 15.8. The van der Waals surface area contributed by atoms with Crippen LogP contribution in [0.4, 0.5) is 13.6 Å². The second-order valence-corrected chi connectivity index (χ2v) is 8.30. The molecule has 0 fully saturated rings. The van der Waals surface area contributed by atoms with Crippen LogP contribution in [0.25, 0.3) is 11.1 Å². The first-order valence-electron chi connectivity index (χ1n) is 10.0. The van der Waals surface area contributed by atoms with Crippen molar-refractivity contribution in [3.63, 3.8) is 0 Å². The van der Waals surface area contributed by atoms with E-state index >= 15 is 0 Å². The highest BCUT2D eigenvalue weighted by Crippen LogP contribution is 2.44. The largest absolute Gasteiger partial charge is 0.477 e. The van der Waals surface area contributed by atoms with Crippen molar-refractivity contribution in [1.29, 1.82) is 0 Å². The molecule has 1 aliphatic carbocycles. The molecular weight excluding hydrogens is 422 g/mol. The lowest BCUT2D eigenvalue weighted by Gasteiger charge is -2.26. The van der Waals surface area contributed by atoms with Crippen LogP contribution < -0.4 is 10.6 Å². The van der Waals surface area contributed by atoms with E-state index in [4.69, 9.17) is 9.84 Å². The molecule has 2 aromatic rings. The minimum Gasteiger partial charge on any atom is -0.477 e. The van der Waals surface area contributed by atoms with Gasteiger partial charge in [-0.1, -0.05) is 48.5 Å². The molecule has 1 aliphatic rings. The lowest BCUT2D eigenvalue weighted by atomic mass is 9.98. The smallest absolute Gasteiger partial charge is 0.407 e. The average Bonchev–Trinajstić information content (AvgIpc) is 3.04. The summed E-state index contributed by atoms with van der Waals surface area (Å²) < 4.78 is 31.6. The Bertz CT molecular complexity index is 993. The predicted molar refractivity (Wildman–Crippen MR) is 112 cm³/mol. The Balaban J connectivity index is 1.55. The minimum atomic E-state index is -4.07. The fourth-order valence-corrected chi connectivity index (χ4v) is 3.70. The number of amides is 2. The highest BCUT2D eigenvalue weighted by atomic mass is 19.3. The zero-order chi connectivity index (χ0) is 23.5. The summed E-state index contributed by atoms with van der Waals surface area (Å²) in [5, 5.41) is 12.8. The number of carboxylic acids is 1. The number of alkyl halides is 2. The van der Waals surface area contributed by atoms with Crippen LogP contribution in [-0.4, -0.2) is 47.7 Å². The molecule has 3 rings (SSSR count). The summed E-state index contributed by atoms with van der Waals surface area (Å²) in [4.78, 5) is 34.7. The first-order chi connectivity index (χ1) is 15.0. The van der Waals surface area contributed by atoms with Crippen molar-refractivity contribution < 1.29 is 33.0 Å². The predicted octanol–water partition coefficient (Wildman–Crippen LogP) is 3.53. The van der Waals surface area contributed by atoms with Crippen LogP contribution in [-0.2, 0) is 14.3 Å². The third-order valence-corrected chi connectivity index (χ3v) is 5.21. The maximum absolute atomic E-state index is 13.1. The van der Waals surface area contributed by atoms with Gasteiger partial charge in [-0.3, -0.25) is 4.79 Å². The zero-order valence-corrected chi connectivity index (χ0v) is 17.7. The lowest BCUT2D eigenvalue weighted by Crippen LogP contribution is -2.49. The number of nitrogens with one attached hydrogen (secondary N) is 2. The van der Waals surface area contributed by atoms with Gasteiger partial charge in [-0.05, 0) is 36.1 Å². The maximum atomic E-state index is 13.1. The van der Waals surface area contributed by atoms with Crippen LogP contribution in [0, 0.1) is 0 Å². The SMILES string of the molecule is CC(C)(CC(=O)NCC(F)(F)C(=O)O)NC(=O)OCC1c2ccccc2-c2ccccc21. The van der Waals surface area contributed by atoms with Gasteiger partial charge in [-0.2, -0.15) is 8.78 Å². The van der Waals surface area contributed by atoms with Crippen molar-refractivity contribution in [2.45, 2.75) is 37.6 Å². The van der Waals surface area contributed by atoms with E-state index in [1.165, 1.54) is 13.8 Å². The van der Waals surface area contributed by atoms with Gasteiger partial charge in [0.1, 0.15) is 6.61 Å². The van der Waals surface area contributed by atoms with Crippen LogP contribution in [0.3, 0.4) is 0 Å². The first-order valence-corrected chi connectivity index (χ1v) is 10.0. The van der Waals surface area contributed by atoms with Crippen molar-refractivity contribution in [2.75, 3.05) is 13.2 Å². The van der Waals surface area contributed by atoms with E-state index in [0.717, 1.165) is 22.3 Å². The Hall–Kier alpha value is -3.49. The van der Waals surface area contributed by atoms with Gasteiger partial charge in [0.25, 0.3) is 0 Å². The Kier molecular flexibility index (Phi) is 6.47. The summed E-state index contributed by atoms with van der Waals surface area (Å²) in [5.41, 5.74) is 3.18. The molecule has 2 amide bonds. The standard InChI is InChI=1S/C23H24F2N2O5/c1-22(2,11-19(28)26-13-23(24,25)20(29)30)27-21(31)32-12-18-16-9-5-3-7-14(16)15-8-4-6-10-17(15)18/h3-10,18H,11-13H2,1-2H3,(H,26,28)(H,27,31)(H,29,30). The zero-order valence-electron chi connectivity index (χ0n) is 17.7. The maximum Gasteiger partial charge on any atom is 0.407 e. The number of halogens is 2. The van der Waals surface area contributed by atoms with Gasteiger partial charge in [-0.15, -0.1) is 0 Å². The summed E-state index contributed by atoms with van der Waals surface area (Å²) in [5.74, 6) is -7.35. The fraction of sp³-hybridized carbons (Fsp3) is 0.348. The van der Waals surface area contributed by atoms with Gasteiger partial charge in [0.05, 0.1) is 6.54 Å². The second kappa shape index (κ2) is 8.94. The van der Waals surface area contributed by atoms with E-state index in [0.29, 0.717) is 0 Å². The molecule has 0 spiro atoms. The molecule has 0 radical (unpaired) electrons. The molecule has 0 unspecified atom stereocenters. The van der Waals surface area contributed by atoms with Gasteiger partial charge < -0.3 is 20.5 Å². The van der Waals surface area contributed by atoms with Crippen molar-refractivity contribution in [3.8, 4) is 11.1 Å². The van der Waals surface area contributed by atoms with Crippen molar-refractivity contribution in [1.82, 2.24) is 10.6 Å². The molecular formula is C23H24F2N2O5. The van der Waals surface area contributed by atoms with Gasteiger partial charge in [0, 0.05) is 17.9 Å². The minimum absolute atomic E-state index is 0.0902. The molecule has 0 heterocycles. The van der Waals surface area contributed by atoms with E-state index < -0.39 is 36.0 Å². The van der Waals surface area contributed by atoms with Crippen LogP contribution in [0.15, 0.2) is 48.5 Å². The first kappa shape index (κ1) is 23.2. The number of fused-ring (bicyclic) bond motifs is 3. The van der Waals surface area contributed by atoms with Crippen LogP contribution in [0.2, 0.25) is 0 Å². The van der Waals surface area contributed by atoms with Crippen LogP contribution in [0.1, 0.15) is 37.3 Å². The molecule has 0 aliphatic heterocycles. The number of carbonyl (C=O) groups is 3. The molecule has 7 nitrogen and oxygen atoms in total. The molecule has 0 bridgehead atoms. The molecule has 170 valence electrons. The number of aliphatic carboxylic acids is 1. The van der Waals surface area contributed by atoms with Gasteiger partial charge in [0.15, 0.2) is 0 Å². The number of benzene rings is 2. The van der Waals surface area contributed by atoms with E-state index in [9.17, 15) is 23.2 Å². The molecule has 0 atom stereocenters. The van der Waals surface area contributed by atoms with E-state index in [2.05, 4.69) is 5.32 Å². The Morgan fingerprint density at radius 1 is 1.00 bits per heavy atom. The Labute approximate surface area is 183 Å². The quantitative estimate of drug-likeness (QED) is 0.576. The highest BCUT2D eigenvalue weighted by Gasteiger charge is 2.39. The van der Waals surface area contributed by atoms with Crippen LogP contribution in [0.5, 0.6) is 0 Å². The highest BCUT2D eigenvalue weighted by molar-refractivity contribution is 5.81. The molecule has 0 aromatic heterocycles. The fourth-order valence-electron chi connectivity index (χ4n) is 3.70. The Morgan fingerprint density at radius 2 is 1.53 bits per heavy atom. The third-order valence-electron chi connectivity index (χ3n) is 5.21. The van der Waals surface area contributed by atoms with E-state index in [1.807, 2.05) is 53.8 Å². The average molecular weight is 446 g/mol. The summed E-state index contributed by atoms with van der Waals surface area (Å²) in [6.45, 7) is 1.82. The third kappa shape index (κ3) is 5.22. The lowest BCUT2D eigenvalue weighted by molar-refractivity contribution is -0.164. The van der Waals surface area contributed by atoms with Crippen molar-refractivity contribution in [3.05, 3.63) is 59.7 Å². The normalized spacial score (nSPS) is 13.1. The summed E-state index contributed by atoms with van der Waals surface area (Å²) in [7, 11) is 0. The number of hydrogen-bond acceptors (Lipinski definition) is 4. The van der Waals surface area contributed by atoms with Gasteiger partial charge in [-0.25, -0.2) is 9.59 Å². The van der Waals surface area contributed by atoms with Crippen LogP contribution >= 0.6 is 0 Å². The summed E-state index contributed by atoms with van der Waals surface area (Å²) >= 11 is 0. The number of hydrogen-bond donors (Lipinski definition) is 3. The van der Waals surface area contributed by atoms with E-state index in [-0.39, 0.29) is 18.9 Å². The van der Waals surface area contributed by atoms with Crippen molar-refractivity contribution in [2.24, 2.45) is 0 Å². The monoisotopic (exact) mass is 446 g/mol. The van der Waals surface area contributed by atoms with E-state index in [1.54, 1.807) is 0 Å². The number of alkyl carbamates (subject to hydrolysis) is 1. The molecule has 0 saturated heterocycles. The molecule has 0 saturated carbocycles. The number of carbonyl (C=O) groups excluding carboxylic acids is 2.